The summed E-state index contributed by atoms with van der Waals surface area (Å²) in [6.07, 6.45) is -0.358. The van der Waals surface area contributed by atoms with Crippen LogP contribution in [0.3, 0.4) is 0 Å². The van der Waals surface area contributed by atoms with Crippen LogP contribution in [0.25, 0.3) is 0 Å². The fourth-order valence-corrected chi connectivity index (χ4v) is 3.78. The third kappa shape index (κ3) is 4.91. The molecule has 3 amide bonds. The van der Waals surface area contributed by atoms with E-state index in [4.69, 9.17) is 12.2 Å². The molecule has 4 rings (SSSR count). The number of hydrogen-bond acceptors (Lipinski definition) is 4. The molecule has 1 heterocycles. The normalized spacial score (nSPS) is 15.4. The number of thiocarbonyl (C=S) groups is 1. The van der Waals surface area contributed by atoms with E-state index in [2.05, 4.69) is 10.7 Å². The van der Waals surface area contributed by atoms with Gasteiger partial charge >= 0.3 is 0 Å². The second-order valence-electron chi connectivity index (χ2n) is 7.38. The predicted molar refractivity (Wildman–Crippen MR) is 126 cm³/mol. The van der Waals surface area contributed by atoms with Crippen molar-refractivity contribution in [1.29, 1.82) is 0 Å². The minimum Gasteiger partial charge on any atom is -0.326 e. The summed E-state index contributed by atoms with van der Waals surface area (Å²) in [4.78, 5) is 39.9. The monoisotopic (exact) mass is 480 g/mol. The van der Waals surface area contributed by atoms with Crippen molar-refractivity contribution < 1.29 is 23.2 Å². The molecule has 0 radical (unpaired) electrons. The molecule has 2 N–H and O–H groups in total. The van der Waals surface area contributed by atoms with Crippen LogP contribution in [0.5, 0.6) is 0 Å². The van der Waals surface area contributed by atoms with Crippen molar-refractivity contribution in [2.24, 2.45) is 0 Å². The SMILES string of the molecule is O=C(CC1C(=O)N(c2ccc(F)cc2)C(=S)N1NC(=O)c1ccccc1)Nc1ccc(F)cc1. The van der Waals surface area contributed by atoms with E-state index >= 15 is 0 Å². The van der Waals surface area contributed by atoms with Crippen molar-refractivity contribution in [2.45, 2.75) is 12.5 Å². The number of nitrogens with zero attached hydrogens (tertiary/aromatic N) is 2. The lowest BCUT2D eigenvalue weighted by Crippen LogP contribution is -2.49. The fraction of sp³-hybridized carbons (Fsp3) is 0.0833. The summed E-state index contributed by atoms with van der Waals surface area (Å²) in [6.45, 7) is 0. The van der Waals surface area contributed by atoms with E-state index in [9.17, 15) is 23.2 Å². The molecular formula is C24H18F2N4O3S. The molecule has 1 atom stereocenters. The summed E-state index contributed by atoms with van der Waals surface area (Å²) in [6, 6.07) is 17.4. The number of carbonyl (C=O) groups is 3. The van der Waals surface area contributed by atoms with Gasteiger partial charge in [-0.3, -0.25) is 24.7 Å². The van der Waals surface area contributed by atoms with Gasteiger partial charge in [0.1, 0.15) is 17.7 Å². The number of nitrogens with one attached hydrogen (secondary N) is 2. The lowest BCUT2D eigenvalue weighted by atomic mass is 10.1. The molecule has 7 nitrogen and oxygen atoms in total. The first-order valence-corrected chi connectivity index (χ1v) is 10.6. The molecule has 1 aliphatic rings. The lowest BCUT2D eigenvalue weighted by Gasteiger charge is -2.24. The molecule has 3 aromatic carbocycles. The van der Waals surface area contributed by atoms with E-state index in [-0.39, 0.29) is 17.2 Å². The number of benzene rings is 3. The number of hydrogen-bond donors (Lipinski definition) is 2. The van der Waals surface area contributed by atoms with Gasteiger partial charge in [0.2, 0.25) is 11.0 Å². The van der Waals surface area contributed by atoms with Crippen molar-refractivity contribution in [3.05, 3.63) is 96.1 Å². The van der Waals surface area contributed by atoms with Crippen LogP contribution in [0.4, 0.5) is 20.2 Å². The third-order valence-electron chi connectivity index (χ3n) is 5.06. The maximum Gasteiger partial charge on any atom is 0.269 e. The Bertz CT molecular complexity index is 1240. The number of halogens is 2. The zero-order valence-corrected chi connectivity index (χ0v) is 18.4. The van der Waals surface area contributed by atoms with Gasteiger partial charge in [-0.2, -0.15) is 0 Å². The van der Waals surface area contributed by atoms with Gasteiger partial charge in [-0.15, -0.1) is 0 Å². The molecule has 1 unspecified atom stereocenters. The molecule has 0 bridgehead atoms. The molecule has 34 heavy (non-hydrogen) atoms. The minimum absolute atomic E-state index is 0.0690. The molecule has 0 saturated carbocycles. The van der Waals surface area contributed by atoms with Gasteiger partial charge in [-0.25, -0.2) is 13.8 Å². The average molecular weight is 480 g/mol. The standard InChI is InChI=1S/C24H18F2N4O3S/c25-16-6-10-18(11-7-16)27-21(31)14-20-23(33)29(19-12-8-17(26)9-13-19)24(34)30(20)28-22(32)15-4-2-1-3-5-15/h1-13,20H,14H2,(H,27,31)(H,28,32). The van der Waals surface area contributed by atoms with E-state index in [1.54, 1.807) is 30.3 Å². The van der Waals surface area contributed by atoms with Crippen LogP contribution < -0.4 is 15.6 Å². The first kappa shape index (κ1) is 23.0. The molecule has 1 saturated heterocycles. The topological polar surface area (TPSA) is 81.8 Å². The largest absolute Gasteiger partial charge is 0.326 e. The van der Waals surface area contributed by atoms with E-state index in [1.807, 2.05) is 0 Å². The molecular weight excluding hydrogens is 462 g/mol. The summed E-state index contributed by atoms with van der Waals surface area (Å²) in [7, 11) is 0. The Labute approximate surface area is 198 Å². The molecule has 0 spiro atoms. The van der Waals surface area contributed by atoms with Crippen molar-refractivity contribution in [3.8, 4) is 0 Å². The Morgan fingerprint density at radius 3 is 2.09 bits per heavy atom. The third-order valence-corrected chi connectivity index (χ3v) is 5.44. The minimum atomic E-state index is -1.16. The quantitative estimate of drug-likeness (QED) is 0.527. The summed E-state index contributed by atoms with van der Waals surface area (Å²) in [5, 5.41) is 3.67. The van der Waals surface area contributed by atoms with Gasteiger partial charge in [0, 0.05) is 11.3 Å². The fourth-order valence-electron chi connectivity index (χ4n) is 3.41. The maximum absolute atomic E-state index is 13.4. The molecule has 1 aliphatic heterocycles. The van der Waals surface area contributed by atoms with Crippen molar-refractivity contribution in [1.82, 2.24) is 10.4 Å². The highest BCUT2D eigenvalue weighted by molar-refractivity contribution is 7.80. The van der Waals surface area contributed by atoms with E-state index in [0.717, 1.165) is 9.91 Å². The van der Waals surface area contributed by atoms with Crippen LogP contribution in [0.2, 0.25) is 0 Å². The Balaban J connectivity index is 1.59. The Kier molecular flexibility index (Phi) is 6.60. The van der Waals surface area contributed by atoms with Gasteiger partial charge in [-0.05, 0) is 72.9 Å². The van der Waals surface area contributed by atoms with Crippen LogP contribution in [0.15, 0.2) is 78.9 Å². The van der Waals surface area contributed by atoms with Crippen molar-refractivity contribution in [3.63, 3.8) is 0 Å². The van der Waals surface area contributed by atoms with Crippen LogP contribution >= 0.6 is 12.2 Å². The summed E-state index contributed by atoms with van der Waals surface area (Å²) in [5.74, 6) is -2.60. The zero-order chi connectivity index (χ0) is 24.2. The smallest absolute Gasteiger partial charge is 0.269 e. The Hall–Kier alpha value is -4.18. The highest BCUT2D eigenvalue weighted by Gasteiger charge is 2.45. The first-order valence-electron chi connectivity index (χ1n) is 10.2. The van der Waals surface area contributed by atoms with Gasteiger partial charge in [0.25, 0.3) is 11.8 Å². The first-order chi connectivity index (χ1) is 16.3. The summed E-state index contributed by atoms with van der Waals surface area (Å²) in [5.41, 5.74) is 3.56. The van der Waals surface area contributed by atoms with Gasteiger partial charge in [0.15, 0.2) is 0 Å². The van der Waals surface area contributed by atoms with Crippen LogP contribution in [0, 0.1) is 11.6 Å². The second kappa shape index (κ2) is 9.75. The summed E-state index contributed by atoms with van der Waals surface area (Å²) >= 11 is 5.45. The van der Waals surface area contributed by atoms with Crippen LogP contribution in [-0.2, 0) is 9.59 Å². The maximum atomic E-state index is 13.4. The second-order valence-corrected chi connectivity index (χ2v) is 7.75. The molecule has 1 fully saturated rings. The highest BCUT2D eigenvalue weighted by Crippen LogP contribution is 2.27. The number of anilines is 2. The molecule has 172 valence electrons. The number of rotatable bonds is 6. The lowest BCUT2D eigenvalue weighted by molar-refractivity contribution is -0.124. The van der Waals surface area contributed by atoms with Crippen LogP contribution in [-0.4, -0.2) is 33.9 Å². The predicted octanol–water partition coefficient (Wildman–Crippen LogP) is 3.64. The van der Waals surface area contributed by atoms with Crippen molar-refractivity contribution >= 4 is 46.4 Å². The Morgan fingerprint density at radius 1 is 0.882 bits per heavy atom. The summed E-state index contributed by atoms with van der Waals surface area (Å²) < 4.78 is 26.5. The molecule has 3 aromatic rings. The van der Waals surface area contributed by atoms with E-state index < -0.39 is 35.4 Å². The van der Waals surface area contributed by atoms with Gasteiger partial charge in [-0.1, -0.05) is 18.2 Å². The molecule has 10 heteroatoms. The highest BCUT2D eigenvalue weighted by atomic mass is 32.1. The van der Waals surface area contributed by atoms with Gasteiger partial charge in [0.05, 0.1) is 12.1 Å². The van der Waals surface area contributed by atoms with Crippen molar-refractivity contribution in [2.75, 3.05) is 10.2 Å². The zero-order valence-electron chi connectivity index (χ0n) is 17.6. The van der Waals surface area contributed by atoms with E-state index in [1.165, 1.54) is 48.5 Å². The number of carbonyl (C=O) groups excluding carboxylic acids is 3. The number of amides is 3. The van der Waals surface area contributed by atoms with E-state index in [0.29, 0.717) is 11.3 Å². The molecule has 0 aromatic heterocycles. The number of hydrazine groups is 1. The Morgan fingerprint density at radius 2 is 1.47 bits per heavy atom. The average Bonchev–Trinajstić information content (AvgIpc) is 3.05. The van der Waals surface area contributed by atoms with Gasteiger partial charge < -0.3 is 5.32 Å². The van der Waals surface area contributed by atoms with Crippen LogP contribution in [0.1, 0.15) is 16.8 Å². The molecule has 0 aliphatic carbocycles.